The van der Waals surface area contributed by atoms with Crippen LogP contribution in [-0.2, 0) is 4.79 Å². The summed E-state index contributed by atoms with van der Waals surface area (Å²) in [4.78, 5) is 10.9. The van der Waals surface area contributed by atoms with E-state index in [0.29, 0.717) is 30.1 Å². The van der Waals surface area contributed by atoms with Crippen LogP contribution in [0.4, 0.5) is 0 Å². The van der Waals surface area contributed by atoms with Gasteiger partial charge < -0.3 is 15.3 Å². The highest BCUT2D eigenvalue weighted by Crippen LogP contribution is 2.67. The molecule has 2 unspecified atom stereocenters. The molecule has 0 spiro atoms. The fraction of sp³-hybridized carbons (Fsp3) is 0.800. The lowest BCUT2D eigenvalue weighted by Crippen LogP contribution is -2.60. The topological polar surface area (TPSA) is 77.8 Å². The summed E-state index contributed by atoms with van der Waals surface area (Å²) in [5, 5.41) is 30.5. The van der Waals surface area contributed by atoms with Gasteiger partial charge in [-0.05, 0) is 61.2 Å². The Bertz CT molecular complexity index is 631. The first-order valence-electron chi connectivity index (χ1n) is 11.8. The first kappa shape index (κ1) is 22.6. The van der Waals surface area contributed by atoms with Crippen LogP contribution in [0.15, 0.2) is 23.8 Å². The van der Waals surface area contributed by atoms with Crippen LogP contribution in [0.5, 0.6) is 0 Å². The molecule has 0 bridgehead atoms. The Morgan fingerprint density at radius 2 is 1.90 bits per heavy atom. The van der Waals surface area contributed by atoms with Crippen molar-refractivity contribution >= 4 is 5.97 Å². The van der Waals surface area contributed by atoms with Crippen LogP contribution < -0.4 is 0 Å². The van der Waals surface area contributed by atoms with Gasteiger partial charge in [0.2, 0.25) is 0 Å². The maximum absolute atomic E-state index is 10.9. The van der Waals surface area contributed by atoms with Crippen LogP contribution in [0.1, 0.15) is 78.6 Å². The normalized spacial score (nSPS) is 38.2. The zero-order valence-corrected chi connectivity index (χ0v) is 18.4. The monoisotopic (exact) mass is 404 g/mol. The molecule has 0 aromatic heterocycles. The molecule has 29 heavy (non-hydrogen) atoms. The van der Waals surface area contributed by atoms with Gasteiger partial charge in [-0.1, -0.05) is 63.8 Å². The number of carboxylic acid groups (broad SMARTS) is 1. The number of carbonyl (C=O) groups is 1. The summed E-state index contributed by atoms with van der Waals surface area (Å²) in [5.41, 5.74) is 1.46. The number of hydrogen-bond donors (Lipinski definition) is 3. The average molecular weight is 405 g/mol. The number of aliphatic hydroxyl groups excluding tert-OH is 2. The van der Waals surface area contributed by atoms with E-state index in [1.807, 2.05) is 6.08 Å². The van der Waals surface area contributed by atoms with Crippen molar-refractivity contribution < 1.29 is 20.1 Å². The summed E-state index contributed by atoms with van der Waals surface area (Å²) in [7, 11) is 0. The number of aliphatic carboxylic acids is 1. The van der Waals surface area contributed by atoms with Crippen molar-refractivity contribution in [3.8, 4) is 0 Å². The van der Waals surface area contributed by atoms with Gasteiger partial charge in [0.05, 0.1) is 12.2 Å². The second kappa shape index (κ2) is 9.34. The predicted octanol–water partition coefficient (Wildman–Crippen LogP) is 4.95. The van der Waals surface area contributed by atoms with Crippen molar-refractivity contribution in [2.75, 3.05) is 0 Å². The largest absolute Gasteiger partial charge is 0.481 e. The second-order valence-electron chi connectivity index (χ2n) is 10.1. The molecule has 3 rings (SSSR count). The van der Waals surface area contributed by atoms with Crippen molar-refractivity contribution in [3.05, 3.63) is 23.8 Å². The number of carboxylic acids is 1. The molecule has 3 saturated carbocycles. The Morgan fingerprint density at radius 1 is 1.21 bits per heavy atom. The van der Waals surface area contributed by atoms with Gasteiger partial charge in [-0.15, -0.1) is 0 Å². The zero-order chi connectivity index (χ0) is 21.2. The molecule has 0 aliphatic heterocycles. The van der Waals surface area contributed by atoms with Crippen LogP contribution in [0.25, 0.3) is 0 Å². The number of allylic oxidation sites excluding steroid dienone is 2. The van der Waals surface area contributed by atoms with Crippen molar-refractivity contribution in [2.24, 2.45) is 35.0 Å². The van der Waals surface area contributed by atoms with E-state index in [2.05, 4.69) is 32.9 Å². The molecule has 0 heterocycles. The summed E-state index contributed by atoms with van der Waals surface area (Å²) in [6.45, 7) is 6.76. The Morgan fingerprint density at radius 3 is 2.52 bits per heavy atom. The van der Waals surface area contributed by atoms with E-state index in [-0.39, 0.29) is 23.9 Å². The molecule has 3 N–H and O–H groups in total. The SMILES string of the molecule is CC1C(=CCCC(=O)O)[C@]2(C(C)C)CC[C@H](O)[C@@H](/C=C/C(O)C3CCCCC3)[C@@H]12. The molecule has 0 saturated heterocycles. The predicted molar refractivity (Wildman–Crippen MR) is 115 cm³/mol. The van der Waals surface area contributed by atoms with E-state index in [1.165, 1.54) is 24.8 Å². The van der Waals surface area contributed by atoms with E-state index < -0.39 is 12.1 Å². The average Bonchev–Trinajstić information content (AvgIpc) is 2.70. The second-order valence-corrected chi connectivity index (χ2v) is 10.1. The molecule has 164 valence electrons. The van der Waals surface area contributed by atoms with E-state index >= 15 is 0 Å². The molecular weight excluding hydrogens is 364 g/mol. The van der Waals surface area contributed by atoms with Gasteiger partial charge >= 0.3 is 5.97 Å². The van der Waals surface area contributed by atoms with Gasteiger partial charge in [-0.25, -0.2) is 0 Å². The quantitative estimate of drug-likeness (QED) is 0.524. The standard InChI is InChI=1S/C25H40O4/c1-16(2)25-15-14-22(27)19(12-13-21(26)18-8-5-4-6-9-18)24(25)17(3)20(25)10-7-11-23(28)29/h10,12-13,16-19,21-22,24,26-27H,4-9,11,14-15H2,1-3H3,(H,28,29)/b13-12+,20-10?/t17?,19-,21?,22+,24-,25-/m1/s1. The summed E-state index contributed by atoms with van der Waals surface area (Å²) in [6, 6.07) is 0. The van der Waals surface area contributed by atoms with Gasteiger partial charge in [-0.2, -0.15) is 0 Å². The molecule has 0 amide bonds. The fourth-order valence-electron chi connectivity index (χ4n) is 6.82. The number of hydrogen-bond acceptors (Lipinski definition) is 3. The highest BCUT2D eigenvalue weighted by atomic mass is 16.4. The van der Waals surface area contributed by atoms with Crippen molar-refractivity contribution in [3.63, 3.8) is 0 Å². The molecule has 0 aromatic rings. The summed E-state index contributed by atoms with van der Waals surface area (Å²) < 4.78 is 0. The number of fused-ring (bicyclic) bond motifs is 1. The molecule has 6 atom stereocenters. The van der Waals surface area contributed by atoms with Gasteiger partial charge in [0.1, 0.15) is 0 Å². The zero-order valence-electron chi connectivity index (χ0n) is 18.4. The maximum atomic E-state index is 10.9. The van der Waals surface area contributed by atoms with Gasteiger partial charge in [0.15, 0.2) is 0 Å². The molecule has 3 aliphatic carbocycles. The lowest BCUT2D eigenvalue weighted by atomic mass is 9.39. The highest BCUT2D eigenvalue weighted by Gasteiger charge is 2.62. The minimum Gasteiger partial charge on any atom is -0.481 e. The van der Waals surface area contributed by atoms with E-state index in [4.69, 9.17) is 5.11 Å². The Balaban J connectivity index is 1.78. The van der Waals surface area contributed by atoms with E-state index in [9.17, 15) is 15.0 Å². The van der Waals surface area contributed by atoms with Crippen LogP contribution in [0.2, 0.25) is 0 Å². The third kappa shape index (κ3) is 4.34. The molecule has 3 aliphatic rings. The third-order valence-electron chi connectivity index (χ3n) is 8.29. The first-order valence-corrected chi connectivity index (χ1v) is 11.8. The third-order valence-corrected chi connectivity index (χ3v) is 8.29. The minimum absolute atomic E-state index is 0.0575. The number of aliphatic hydroxyl groups is 2. The molecule has 3 fully saturated rings. The molecule has 4 heteroatoms. The van der Waals surface area contributed by atoms with E-state index in [0.717, 1.165) is 25.7 Å². The van der Waals surface area contributed by atoms with Crippen LogP contribution in [0, 0.1) is 35.0 Å². The number of rotatable bonds is 7. The van der Waals surface area contributed by atoms with E-state index in [1.54, 1.807) is 0 Å². The van der Waals surface area contributed by atoms with Crippen molar-refractivity contribution in [2.45, 2.75) is 90.8 Å². The Labute approximate surface area is 176 Å². The van der Waals surface area contributed by atoms with Gasteiger partial charge in [0.25, 0.3) is 0 Å². The van der Waals surface area contributed by atoms with Crippen LogP contribution >= 0.6 is 0 Å². The van der Waals surface area contributed by atoms with Gasteiger partial charge in [0, 0.05) is 12.3 Å². The molecular formula is C25H40O4. The Kier molecular flexibility index (Phi) is 7.27. The van der Waals surface area contributed by atoms with Gasteiger partial charge in [-0.3, -0.25) is 4.79 Å². The molecule has 0 aromatic carbocycles. The molecule has 0 radical (unpaired) electrons. The van der Waals surface area contributed by atoms with Crippen LogP contribution in [0.3, 0.4) is 0 Å². The minimum atomic E-state index is -0.749. The Hall–Kier alpha value is -1.13. The lowest BCUT2D eigenvalue weighted by Gasteiger charge is -2.65. The maximum Gasteiger partial charge on any atom is 0.303 e. The fourth-order valence-corrected chi connectivity index (χ4v) is 6.82. The lowest BCUT2D eigenvalue weighted by molar-refractivity contribution is -0.136. The summed E-state index contributed by atoms with van der Waals surface area (Å²) >= 11 is 0. The summed E-state index contributed by atoms with van der Waals surface area (Å²) in [5.74, 6) is 0.837. The smallest absolute Gasteiger partial charge is 0.303 e. The van der Waals surface area contributed by atoms with Crippen molar-refractivity contribution in [1.82, 2.24) is 0 Å². The highest BCUT2D eigenvalue weighted by molar-refractivity contribution is 5.66. The van der Waals surface area contributed by atoms with Crippen LogP contribution in [-0.4, -0.2) is 33.5 Å². The first-order chi connectivity index (χ1) is 13.8. The summed E-state index contributed by atoms with van der Waals surface area (Å²) in [6.07, 6.45) is 13.9. The molecule has 4 nitrogen and oxygen atoms in total. The van der Waals surface area contributed by atoms with Crippen molar-refractivity contribution in [1.29, 1.82) is 0 Å².